The van der Waals surface area contributed by atoms with Crippen molar-refractivity contribution >= 4 is 6.41 Å². The maximum atomic E-state index is 13.8. The van der Waals surface area contributed by atoms with Crippen molar-refractivity contribution in [2.24, 2.45) is 0 Å². The molecule has 0 aliphatic heterocycles. The third-order valence-electron chi connectivity index (χ3n) is 2.98. The number of alkyl halides is 1. The Bertz CT molecular complexity index is 256. The molecule has 0 aliphatic rings. The van der Waals surface area contributed by atoms with Gasteiger partial charge in [-0.3, -0.25) is 4.79 Å². The Balaban J connectivity index is 3.46. The molecule has 0 aliphatic carbocycles. The van der Waals surface area contributed by atoms with E-state index in [4.69, 9.17) is 9.47 Å². The van der Waals surface area contributed by atoms with Crippen LogP contribution in [0.4, 0.5) is 4.39 Å². The first kappa shape index (κ1) is 20.2. The van der Waals surface area contributed by atoms with E-state index >= 15 is 0 Å². The van der Waals surface area contributed by atoms with E-state index in [2.05, 4.69) is 22.9 Å². The van der Waals surface area contributed by atoms with Crippen LogP contribution in [-0.2, 0) is 14.3 Å². The van der Waals surface area contributed by atoms with Gasteiger partial charge < -0.3 is 25.4 Å². The zero-order valence-corrected chi connectivity index (χ0v) is 13.4. The lowest BCUT2D eigenvalue weighted by molar-refractivity contribution is -0.111. The van der Waals surface area contributed by atoms with Crippen molar-refractivity contribution in [1.29, 1.82) is 0 Å². The first-order valence-corrected chi connectivity index (χ1v) is 7.48. The summed E-state index contributed by atoms with van der Waals surface area (Å²) in [6, 6.07) is 0. The second-order valence-corrected chi connectivity index (χ2v) is 5.16. The average Bonchev–Trinajstić information content (AvgIpc) is 2.46. The Morgan fingerprint density at radius 2 is 1.76 bits per heavy atom. The van der Waals surface area contributed by atoms with Gasteiger partial charge in [0.1, 0.15) is 6.17 Å². The summed E-state index contributed by atoms with van der Waals surface area (Å²) >= 11 is 0. The van der Waals surface area contributed by atoms with Gasteiger partial charge >= 0.3 is 0 Å². The molecule has 0 aromatic rings. The topological polar surface area (TPSA) is 71.6 Å². The fourth-order valence-corrected chi connectivity index (χ4v) is 1.57. The standard InChI is InChI=1S/C14H30FN3O3/c1-4-16-5-8-20-9-6-17-7-10-21-14(2,3)13(15)11-18-12-19/h12-13,16-17H,4-11H2,1-3H3,(H,18,19). The number of carbonyl (C=O) groups is 1. The summed E-state index contributed by atoms with van der Waals surface area (Å²) < 4.78 is 24.7. The highest BCUT2D eigenvalue weighted by molar-refractivity contribution is 5.45. The van der Waals surface area contributed by atoms with Crippen LogP contribution in [0, 0.1) is 0 Å². The summed E-state index contributed by atoms with van der Waals surface area (Å²) in [5.41, 5.74) is -0.917. The van der Waals surface area contributed by atoms with Gasteiger partial charge in [0.05, 0.1) is 32.0 Å². The van der Waals surface area contributed by atoms with Crippen LogP contribution in [0.5, 0.6) is 0 Å². The number of amides is 1. The number of ether oxygens (including phenoxy) is 2. The lowest BCUT2D eigenvalue weighted by Gasteiger charge is -2.29. The Kier molecular flexibility index (Phi) is 12.5. The highest BCUT2D eigenvalue weighted by Gasteiger charge is 2.29. The van der Waals surface area contributed by atoms with E-state index in [1.165, 1.54) is 0 Å². The first-order valence-electron chi connectivity index (χ1n) is 7.48. The van der Waals surface area contributed by atoms with E-state index in [-0.39, 0.29) is 6.54 Å². The highest BCUT2D eigenvalue weighted by atomic mass is 19.1. The molecule has 0 aromatic carbocycles. The smallest absolute Gasteiger partial charge is 0.207 e. The van der Waals surface area contributed by atoms with Gasteiger partial charge in [0.15, 0.2) is 0 Å². The van der Waals surface area contributed by atoms with Crippen LogP contribution in [0.3, 0.4) is 0 Å². The first-order chi connectivity index (χ1) is 10.0. The highest BCUT2D eigenvalue weighted by Crippen LogP contribution is 2.17. The van der Waals surface area contributed by atoms with Crippen molar-refractivity contribution in [3.8, 4) is 0 Å². The molecule has 3 N–H and O–H groups in total. The van der Waals surface area contributed by atoms with E-state index in [0.717, 1.165) is 19.6 Å². The fourth-order valence-electron chi connectivity index (χ4n) is 1.57. The van der Waals surface area contributed by atoms with E-state index in [1.807, 2.05) is 0 Å². The number of halogens is 1. The second kappa shape index (κ2) is 12.9. The van der Waals surface area contributed by atoms with Crippen LogP contribution < -0.4 is 16.0 Å². The Morgan fingerprint density at radius 1 is 1.14 bits per heavy atom. The number of carbonyl (C=O) groups excluding carboxylic acids is 1. The second-order valence-electron chi connectivity index (χ2n) is 5.16. The van der Waals surface area contributed by atoms with E-state index in [9.17, 15) is 9.18 Å². The Hall–Kier alpha value is -0.760. The molecule has 0 heterocycles. The van der Waals surface area contributed by atoms with E-state index in [0.29, 0.717) is 32.8 Å². The summed E-state index contributed by atoms with van der Waals surface area (Å²) in [5.74, 6) is 0. The van der Waals surface area contributed by atoms with Gasteiger partial charge in [-0.2, -0.15) is 0 Å². The molecular formula is C14H30FN3O3. The van der Waals surface area contributed by atoms with Crippen LogP contribution in [0.2, 0.25) is 0 Å². The minimum atomic E-state index is -1.24. The van der Waals surface area contributed by atoms with Crippen LogP contribution in [-0.4, -0.2) is 70.7 Å². The quantitative estimate of drug-likeness (QED) is 0.295. The predicted octanol–water partition coefficient (Wildman–Crippen LogP) is 0.0814. The van der Waals surface area contributed by atoms with Gasteiger partial charge in [-0.25, -0.2) is 4.39 Å². The molecule has 0 aromatic heterocycles. The molecule has 7 heteroatoms. The van der Waals surface area contributed by atoms with Crippen molar-refractivity contribution < 1.29 is 18.7 Å². The van der Waals surface area contributed by atoms with Crippen molar-refractivity contribution in [2.75, 3.05) is 52.5 Å². The normalized spacial score (nSPS) is 13.1. The van der Waals surface area contributed by atoms with Gasteiger partial charge in [0.2, 0.25) is 6.41 Å². The molecule has 0 radical (unpaired) electrons. The molecule has 126 valence electrons. The zero-order chi connectivity index (χ0) is 16.0. The summed E-state index contributed by atoms with van der Waals surface area (Å²) in [7, 11) is 0. The summed E-state index contributed by atoms with van der Waals surface area (Å²) in [4.78, 5) is 10.1. The molecule has 6 nitrogen and oxygen atoms in total. The molecule has 0 bridgehead atoms. The number of likely N-dealkylation sites (N-methyl/N-ethyl adjacent to an activating group) is 1. The molecule has 0 saturated heterocycles. The maximum Gasteiger partial charge on any atom is 0.207 e. The van der Waals surface area contributed by atoms with Gasteiger partial charge in [0.25, 0.3) is 0 Å². The lowest BCUT2D eigenvalue weighted by atomic mass is 10.0. The molecule has 1 unspecified atom stereocenters. The minimum Gasteiger partial charge on any atom is -0.379 e. The van der Waals surface area contributed by atoms with Crippen molar-refractivity contribution in [2.45, 2.75) is 32.5 Å². The van der Waals surface area contributed by atoms with Crippen molar-refractivity contribution in [3.05, 3.63) is 0 Å². The Labute approximate surface area is 127 Å². The van der Waals surface area contributed by atoms with Gasteiger partial charge in [0, 0.05) is 19.6 Å². The van der Waals surface area contributed by atoms with Crippen molar-refractivity contribution in [1.82, 2.24) is 16.0 Å². The van der Waals surface area contributed by atoms with Crippen LogP contribution >= 0.6 is 0 Å². The lowest BCUT2D eigenvalue weighted by Crippen LogP contribution is -2.43. The van der Waals surface area contributed by atoms with Crippen molar-refractivity contribution in [3.63, 3.8) is 0 Å². The van der Waals surface area contributed by atoms with Crippen LogP contribution in [0.15, 0.2) is 0 Å². The van der Waals surface area contributed by atoms with E-state index < -0.39 is 11.8 Å². The molecule has 21 heavy (non-hydrogen) atoms. The third kappa shape index (κ3) is 11.6. The third-order valence-corrected chi connectivity index (χ3v) is 2.98. The average molecular weight is 307 g/mol. The van der Waals surface area contributed by atoms with E-state index in [1.54, 1.807) is 13.8 Å². The monoisotopic (exact) mass is 307 g/mol. The Morgan fingerprint density at radius 3 is 2.38 bits per heavy atom. The fraction of sp³-hybridized carbons (Fsp3) is 0.929. The van der Waals surface area contributed by atoms with Gasteiger partial charge in [-0.15, -0.1) is 0 Å². The van der Waals surface area contributed by atoms with Crippen LogP contribution in [0.1, 0.15) is 20.8 Å². The summed E-state index contributed by atoms with van der Waals surface area (Å²) in [5, 5.41) is 8.66. The van der Waals surface area contributed by atoms with Crippen LogP contribution in [0.25, 0.3) is 0 Å². The zero-order valence-electron chi connectivity index (χ0n) is 13.4. The summed E-state index contributed by atoms with van der Waals surface area (Å²) in [6.45, 7) is 10.3. The van der Waals surface area contributed by atoms with Gasteiger partial charge in [-0.05, 0) is 20.4 Å². The number of hydrogen-bond acceptors (Lipinski definition) is 5. The molecule has 0 saturated carbocycles. The largest absolute Gasteiger partial charge is 0.379 e. The molecule has 0 fully saturated rings. The number of rotatable bonds is 15. The van der Waals surface area contributed by atoms with Gasteiger partial charge in [-0.1, -0.05) is 6.92 Å². The predicted molar refractivity (Wildman–Crippen MR) is 81.2 cm³/mol. The molecule has 0 spiro atoms. The molecule has 1 atom stereocenters. The number of hydrogen-bond donors (Lipinski definition) is 3. The molecule has 0 rings (SSSR count). The SMILES string of the molecule is CCNCCOCCNCCOC(C)(C)C(F)CNC=O. The molecule has 1 amide bonds. The number of nitrogens with one attached hydrogen (secondary N) is 3. The molecular weight excluding hydrogens is 277 g/mol. The maximum absolute atomic E-state index is 13.8. The minimum absolute atomic E-state index is 0.0381. The summed E-state index contributed by atoms with van der Waals surface area (Å²) in [6.07, 6.45) is -0.752.